The monoisotopic (exact) mass is 425 g/mol. The van der Waals surface area contributed by atoms with Crippen molar-refractivity contribution in [3.05, 3.63) is 75.3 Å². The maximum atomic E-state index is 13.1. The van der Waals surface area contributed by atoms with Gasteiger partial charge in [-0.15, -0.1) is 0 Å². The first-order valence-electron chi connectivity index (χ1n) is 9.74. The van der Waals surface area contributed by atoms with Crippen LogP contribution in [-0.4, -0.2) is 64.8 Å². The van der Waals surface area contributed by atoms with Crippen LogP contribution in [0.1, 0.15) is 26.3 Å². The van der Waals surface area contributed by atoms with E-state index in [1.54, 1.807) is 18.2 Å². The molecule has 3 amide bonds. The standard InChI is InChI=1S/C21H23N5O5/c1-14-4-2-5-15(12-14)20(28)24-10-11-25(19(24)18(27)23-9-8-22)21(29)16-6-3-7-17(13-16)26(30)31/h2-7,12-13,19H,8-11,22H2,1H3,(H,23,27). The molecule has 1 atom stereocenters. The average molecular weight is 425 g/mol. The number of nitrogens with zero attached hydrogens (tertiary/aromatic N) is 3. The molecule has 2 aromatic rings. The van der Waals surface area contributed by atoms with Gasteiger partial charge in [-0.1, -0.05) is 23.8 Å². The Morgan fingerprint density at radius 3 is 2.19 bits per heavy atom. The lowest BCUT2D eigenvalue weighted by Gasteiger charge is -2.29. The van der Waals surface area contributed by atoms with Crippen molar-refractivity contribution in [1.29, 1.82) is 0 Å². The van der Waals surface area contributed by atoms with Gasteiger partial charge in [0, 0.05) is 49.4 Å². The Bertz CT molecular complexity index is 1020. The van der Waals surface area contributed by atoms with Crippen molar-refractivity contribution >= 4 is 23.4 Å². The number of rotatable bonds is 6. The molecule has 10 heteroatoms. The van der Waals surface area contributed by atoms with E-state index in [-0.39, 0.29) is 43.3 Å². The molecule has 10 nitrogen and oxygen atoms in total. The fourth-order valence-corrected chi connectivity index (χ4v) is 3.49. The summed E-state index contributed by atoms with van der Waals surface area (Å²) in [6.07, 6.45) is -1.19. The minimum absolute atomic E-state index is 0.0654. The van der Waals surface area contributed by atoms with E-state index in [1.165, 1.54) is 28.0 Å². The lowest BCUT2D eigenvalue weighted by molar-refractivity contribution is -0.384. The van der Waals surface area contributed by atoms with Gasteiger partial charge < -0.3 is 20.9 Å². The summed E-state index contributed by atoms with van der Waals surface area (Å²) in [5.41, 5.74) is 6.59. The van der Waals surface area contributed by atoms with Crippen LogP contribution in [0.15, 0.2) is 48.5 Å². The summed E-state index contributed by atoms with van der Waals surface area (Å²) in [4.78, 5) is 52.2. The average Bonchev–Trinajstić information content (AvgIpc) is 3.21. The molecule has 2 aromatic carbocycles. The molecule has 0 aromatic heterocycles. The number of nitro groups is 1. The molecule has 0 bridgehead atoms. The van der Waals surface area contributed by atoms with E-state index in [4.69, 9.17) is 5.73 Å². The van der Waals surface area contributed by atoms with Crippen LogP contribution in [0.2, 0.25) is 0 Å². The predicted octanol–water partition coefficient (Wildman–Crippen LogP) is 0.902. The second kappa shape index (κ2) is 9.35. The van der Waals surface area contributed by atoms with E-state index in [0.717, 1.165) is 11.6 Å². The normalized spacial score (nSPS) is 15.6. The van der Waals surface area contributed by atoms with Crippen molar-refractivity contribution < 1.29 is 19.3 Å². The van der Waals surface area contributed by atoms with Gasteiger partial charge in [-0.2, -0.15) is 0 Å². The molecule has 0 spiro atoms. The highest BCUT2D eigenvalue weighted by Gasteiger charge is 2.43. The van der Waals surface area contributed by atoms with Gasteiger partial charge in [-0.05, 0) is 25.1 Å². The lowest BCUT2D eigenvalue weighted by atomic mass is 10.1. The number of nitrogens with two attached hydrogens (primary N) is 1. The molecule has 1 fully saturated rings. The third-order valence-corrected chi connectivity index (χ3v) is 4.94. The zero-order chi connectivity index (χ0) is 22.5. The SMILES string of the molecule is Cc1cccc(C(=O)N2CCN(C(=O)c3cccc([N+](=O)[O-])c3)C2C(=O)NCCN)c1. The van der Waals surface area contributed by atoms with Gasteiger partial charge in [-0.25, -0.2) is 0 Å². The lowest BCUT2D eigenvalue weighted by Crippen LogP contribution is -2.54. The van der Waals surface area contributed by atoms with Crippen molar-refractivity contribution in [2.24, 2.45) is 5.73 Å². The Balaban J connectivity index is 1.93. The van der Waals surface area contributed by atoms with Crippen molar-refractivity contribution in [3.8, 4) is 0 Å². The number of carbonyl (C=O) groups excluding carboxylic acids is 3. The summed E-state index contributed by atoms with van der Waals surface area (Å²) in [6, 6.07) is 12.2. The number of amides is 3. The third kappa shape index (κ3) is 4.69. The summed E-state index contributed by atoms with van der Waals surface area (Å²) in [5.74, 6) is -1.50. The topological polar surface area (TPSA) is 139 Å². The molecule has 1 aliphatic heterocycles. The van der Waals surface area contributed by atoms with E-state index in [0.29, 0.717) is 5.56 Å². The van der Waals surface area contributed by atoms with Gasteiger partial charge in [0.25, 0.3) is 23.4 Å². The molecular weight excluding hydrogens is 402 g/mol. The molecule has 0 saturated carbocycles. The zero-order valence-corrected chi connectivity index (χ0v) is 17.0. The molecule has 1 unspecified atom stereocenters. The van der Waals surface area contributed by atoms with Gasteiger partial charge in [0.2, 0.25) is 0 Å². The molecular formula is C21H23N5O5. The number of nitrogens with one attached hydrogen (secondary N) is 1. The molecule has 31 heavy (non-hydrogen) atoms. The predicted molar refractivity (Wildman–Crippen MR) is 112 cm³/mol. The van der Waals surface area contributed by atoms with Gasteiger partial charge in [0.1, 0.15) is 0 Å². The molecule has 0 radical (unpaired) electrons. The minimum Gasteiger partial charge on any atom is -0.351 e. The molecule has 162 valence electrons. The molecule has 0 aliphatic carbocycles. The van der Waals surface area contributed by atoms with Crippen LogP contribution in [0, 0.1) is 17.0 Å². The zero-order valence-electron chi connectivity index (χ0n) is 17.0. The Morgan fingerprint density at radius 2 is 1.65 bits per heavy atom. The Morgan fingerprint density at radius 1 is 1.06 bits per heavy atom. The number of hydrogen-bond donors (Lipinski definition) is 2. The second-order valence-electron chi connectivity index (χ2n) is 7.13. The van der Waals surface area contributed by atoms with Gasteiger partial charge in [0.05, 0.1) is 4.92 Å². The number of benzene rings is 2. The number of aryl methyl sites for hydroxylation is 1. The molecule has 1 aliphatic rings. The largest absolute Gasteiger partial charge is 0.351 e. The van der Waals surface area contributed by atoms with E-state index < -0.39 is 22.9 Å². The summed E-state index contributed by atoms with van der Waals surface area (Å²) >= 11 is 0. The van der Waals surface area contributed by atoms with Crippen LogP contribution in [-0.2, 0) is 4.79 Å². The fourth-order valence-electron chi connectivity index (χ4n) is 3.49. The van der Waals surface area contributed by atoms with Crippen molar-refractivity contribution in [2.45, 2.75) is 13.1 Å². The molecule has 1 saturated heterocycles. The molecule has 1 heterocycles. The quantitative estimate of drug-likeness (QED) is 0.521. The van der Waals surface area contributed by atoms with E-state index in [9.17, 15) is 24.5 Å². The maximum absolute atomic E-state index is 13.1. The number of non-ortho nitro benzene ring substituents is 1. The van der Waals surface area contributed by atoms with Crippen LogP contribution in [0.5, 0.6) is 0 Å². The van der Waals surface area contributed by atoms with Crippen LogP contribution in [0.4, 0.5) is 5.69 Å². The number of hydrogen-bond acceptors (Lipinski definition) is 6. The molecule has 3 rings (SSSR count). The van der Waals surface area contributed by atoms with Crippen molar-refractivity contribution in [1.82, 2.24) is 15.1 Å². The van der Waals surface area contributed by atoms with Crippen molar-refractivity contribution in [3.63, 3.8) is 0 Å². The van der Waals surface area contributed by atoms with Crippen LogP contribution in [0.25, 0.3) is 0 Å². The minimum atomic E-state index is -1.19. The first kappa shape index (κ1) is 21.9. The van der Waals surface area contributed by atoms with Gasteiger partial charge in [-0.3, -0.25) is 24.5 Å². The smallest absolute Gasteiger partial charge is 0.270 e. The van der Waals surface area contributed by atoms with Gasteiger partial charge >= 0.3 is 0 Å². The fraction of sp³-hybridized carbons (Fsp3) is 0.286. The van der Waals surface area contributed by atoms with Crippen molar-refractivity contribution in [2.75, 3.05) is 26.2 Å². The number of nitro benzene ring substituents is 1. The van der Waals surface area contributed by atoms with E-state index >= 15 is 0 Å². The molecule has 3 N–H and O–H groups in total. The Hall–Kier alpha value is -3.79. The van der Waals surface area contributed by atoms with E-state index in [2.05, 4.69) is 5.32 Å². The Labute approximate surface area is 178 Å². The van der Waals surface area contributed by atoms with E-state index in [1.807, 2.05) is 13.0 Å². The summed E-state index contributed by atoms with van der Waals surface area (Å²) in [5, 5.41) is 13.7. The summed E-state index contributed by atoms with van der Waals surface area (Å²) in [7, 11) is 0. The van der Waals surface area contributed by atoms with Crippen LogP contribution in [0.3, 0.4) is 0 Å². The van der Waals surface area contributed by atoms with Gasteiger partial charge in [0.15, 0.2) is 6.17 Å². The first-order valence-corrected chi connectivity index (χ1v) is 9.74. The van der Waals surface area contributed by atoms with Crippen LogP contribution >= 0.6 is 0 Å². The highest BCUT2D eigenvalue weighted by atomic mass is 16.6. The maximum Gasteiger partial charge on any atom is 0.270 e. The highest BCUT2D eigenvalue weighted by molar-refractivity contribution is 6.02. The van der Waals surface area contributed by atoms with Crippen LogP contribution < -0.4 is 11.1 Å². The third-order valence-electron chi connectivity index (χ3n) is 4.94. The summed E-state index contributed by atoms with van der Waals surface area (Å²) < 4.78 is 0. The first-order chi connectivity index (χ1) is 14.8. The summed E-state index contributed by atoms with van der Waals surface area (Å²) in [6.45, 7) is 2.49. The second-order valence-corrected chi connectivity index (χ2v) is 7.13. The number of carbonyl (C=O) groups is 3. The Kier molecular flexibility index (Phi) is 6.61. The highest BCUT2D eigenvalue weighted by Crippen LogP contribution is 2.23.